The van der Waals surface area contributed by atoms with E-state index in [1.165, 1.54) is 5.39 Å². The predicted molar refractivity (Wildman–Crippen MR) is 118 cm³/mol. The second-order valence-electron chi connectivity index (χ2n) is 7.94. The topological polar surface area (TPSA) is 65.6 Å². The Bertz CT molecular complexity index is 1110. The van der Waals surface area contributed by atoms with Gasteiger partial charge in [0.2, 0.25) is 0 Å². The van der Waals surface area contributed by atoms with Crippen LogP contribution in [0.3, 0.4) is 0 Å². The van der Waals surface area contributed by atoms with E-state index >= 15 is 0 Å². The molecule has 0 aliphatic carbocycles. The van der Waals surface area contributed by atoms with Crippen molar-refractivity contribution in [3.05, 3.63) is 64.8 Å². The fourth-order valence-electron chi connectivity index (χ4n) is 4.53. The maximum Gasteiger partial charge on any atom is 0.335 e. The van der Waals surface area contributed by atoms with Gasteiger partial charge in [0.05, 0.1) is 12.7 Å². The van der Waals surface area contributed by atoms with Crippen molar-refractivity contribution in [2.24, 2.45) is 5.92 Å². The van der Waals surface area contributed by atoms with Gasteiger partial charge < -0.3 is 14.8 Å². The Labute approximate surface area is 176 Å². The summed E-state index contributed by atoms with van der Waals surface area (Å²) in [7, 11) is 1.71. The van der Waals surface area contributed by atoms with Crippen molar-refractivity contribution in [3.63, 3.8) is 0 Å². The number of benzene rings is 2. The average Bonchev–Trinajstić information content (AvgIpc) is 3.26. The van der Waals surface area contributed by atoms with Gasteiger partial charge in [-0.25, -0.2) is 4.79 Å². The quantitative estimate of drug-likeness (QED) is 0.604. The number of piperidine rings is 1. The number of aryl methyl sites for hydroxylation is 1. The minimum absolute atomic E-state index is 0.127. The zero-order chi connectivity index (χ0) is 21.3. The minimum atomic E-state index is -0.914. The van der Waals surface area contributed by atoms with Gasteiger partial charge in [0.15, 0.2) is 0 Å². The van der Waals surface area contributed by atoms with E-state index in [0.29, 0.717) is 5.56 Å². The van der Waals surface area contributed by atoms with Crippen LogP contribution in [0.2, 0.25) is 0 Å². The summed E-state index contributed by atoms with van der Waals surface area (Å²) < 4.78 is 5.73. The van der Waals surface area contributed by atoms with Gasteiger partial charge >= 0.3 is 5.97 Å². The van der Waals surface area contributed by atoms with E-state index in [-0.39, 0.29) is 12.0 Å². The maximum absolute atomic E-state index is 11.2. The zero-order valence-electron chi connectivity index (χ0n) is 17.3. The number of nitrogens with zero attached hydrogens (tertiary/aromatic N) is 1. The van der Waals surface area contributed by atoms with Gasteiger partial charge in [-0.2, -0.15) is 0 Å². The third-order valence-electron chi connectivity index (χ3n) is 6.18. The van der Waals surface area contributed by atoms with Crippen molar-refractivity contribution >= 4 is 16.9 Å². The van der Waals surface area contributed by atoms with E-state index in [4.69, 9.17) is 11.2 Å². The third kappa shape index (κ3) is 3.67. The second kappa shape index (κ2) is 8.25. The minimum Gasteiger partial charge on any atom is -0.496 e. The molecular formula is C25H26N2O3. The first kappa shape index (κ1) is 20.1. The molecule has 5 nitrogen and oxygen atoms in total. The van der Waals surface area contributed by atoms with Crippen molar-refractivity contribution in [1.82, 2.24) is 9.88 Å². The first-order chi connectivity index (χ1) is 14.5. The number of hydrogen-bond donors (Lipinski definition) is 2. The summed E-state index contributed by atoms with van der Waals surface area (Å²) >= 11 is 0. The predicted octanol–water partition coefficient (Wildman–Crippen LogP) is 4.77. The van der Waals surface area contributed by atoms with E-state index in [9.17, 15) is 9.90 Å². The molecule has 1 fully saturated rings. The number of rotatable bonds is 5. The SMILES string of the molecule is C#C[C@H]1CCN(Cc2c(OC)cc(C)c3[nH]ccc23)[C@H](c2ccc(C(=O)O)cc2)C1. The van der Waals surface area contributed by atoms with E-state index in [1.54, 1.807) is 19.2 Å². The second-order valence-corrected chi connectivity index (χ2v) is 7.94. The molecule has 30 heavy (non-hydrogen) atoms. The highest BCUT2D eigenvalue weighted by atomic mass is 16.5. The summed E-state index contributed by atoms with van der Waals surface area (Å²) in [6.45, 7) is 3.69. The number of nitrogens with one attached hydrogen (secondary N) is 1. The number of aromatic nitrogens is 1. The lowest BCUT2D eigenvalue weighted by Gasteiger charge is -2.39. The molecule has 0 saturated carbocycles. The smallest absolute Gasteiger partial charge is 0.335 e. The molecule has 1 aliphatic heterocycles. The molecule has 0 radical (unpaired) electrons. The number of H-pyrrole nitrogens is 1. The summed E-state index contributed by atoms with van der Waals surface area (Å²) in [5.74, 6) is 3.12. The largest absolute Gasteiger partial charge is 0.496 e. The molecule has 2 atom stereocenters. The highest BCUT2D eigenvalue weighted by Gasteiger charge is 2.30. The number of methoxy groups -OCH3 is 1. The Hall–Kier alpha value is -3.23. The molecule has 1 aromatic heterocycles. The number of ether oxygens (including phenoxy) is 1. The summed E-state index contributed by atoms with van der Waals surface area (Å²) in [5, 5.41) is 10.4. The molecule has 1 saturated heterocycles. The van der Waals surface area contributed by atoms with Crippen molar-refractivity contribution in [2.45, 2.75) is 32.4 Å². The van der Waals surface area contributed by atoms with Gasteiger partial charge in [-0.1, -0.05) is 12.1 Å². The molecule has 5 heteroatoms. The molecule has 0 spiro atoms. The molecule has 2 aromatic carbocycles. The number of carboxylic acids is 1. The number of aromatic amines is 1. The van der Waals surface area contributed by atoms with Crippen molar-refractivity contribution in [2.75, 3.05) is 13.7 Å². The lowest BCUT2D eigenvalue weighted by molar-refractivity contribution is 0.0696. The van der Waals surface area contributed by atoms with Gasteiger partial charge in [-0.05, 0) is 55.2 Å². The number of likely N-dealkylation sites (tertiary alicyclic amines) is 1. The number of carboxylic acid groups (broad SMARTS) is 1. The standard InChI is InChI=1S/C25H26N2O3/c1-4-17-10-12-27(22(14-17)18-5-7-19(8-6-18)25(28)29)15-21-20-9-11-26-24(20)16(2)13-23(21)30-3/h1,5-9,11,13,17,22,26H,10,12,14-15H2,2-3H3,(H,28,29)/t17-,22-/m0/s1. The van der Waals surface area contributed by atoms with Crippen LogP contribution in [0.25, 0.3) is 10.9 Å². The lowest BCUT2D eigenvalue weighted by atomic mass is 9.86. The summed E-state index contributed by atoms with van der Waals surface area (Å²) in [6.07, 6.45) is 9.53. The van der Waals surface area contributed by atoms with Crippen LogP contribution in [0, 0.1) is 25.2 Å². The summed E-state index contributed by atoms with van der Waals surface area (Å²) in [6, 6.07) is 11.5. The Morgan fingerprint density at radius 2 is 2.10 bits per heavy atom. The Balaban J connectivity index is 1.71. The molecule has 4 rings (SSSR count). The van der Waals surface area contributed by atoms with Crippen molar-refractivity contribution < 1.29 is 14.6 Å². The van der Waals surface area contributed by atoms with Crippen LogP contribution in [0.5, 0.6) is 5.75 Å². The van der Waals surface area contributed by atoms with Crippen LogP contribution >= 0.6 is 0 Å². The number of terminal acetylenes is 1. The number of aromatic carboxylic acids is 1. The van der Waals surface area contributed by atoms with Gasteiger partial charge in [0.1, 0.15) is 5.75 Å². The number of hydrogen-bond acceptors (Lipinski definition) is 3. The van der Waals surface area contributed by atoms with E-state index in [1.807, 2.05) is 18.3 Å². The van der Waals surface area contributed by atoms with Crippen molar-refractivity contribution in [3.8, 4) is 18.1 Å². The van der Waals surface area contributed by atoms with Crippen molar-refractivity contribution in [1.29, 1.82) is 0 Å². The fourth-order valence-corrected chi connectivity index (χ4v) is 4.53. The van der Waals surface area contributed by atoms with Gasteiger partial charge in [0.25, 0.3) is 0 Å². The molecule has 0 bridgehead atoms. The van der Waals surface area contributed by atoms with E-state index < -0.39 is 5.97 Å². The molecule has 0 amide bonds. The third-order valence-corrected chi connectivity index (χ3v) is 6.18. The van der Waals surface area contributed by atoms with Crippen LogP contribution in [-0.2, 0) is 6.54 Å². The summed E-state index contributed by atoms with van der Waals surface area (Å²) in [5.41, 5.74) is 4.83. The molecule has 3 aromatic rings. The van der Waals surface area contributed by atoms with Crippen LogP contribution in [0.1, 0.15) is 45.9 Å². The number of fused-ring (bicyclic) bond motifs is 1. The first-order valence-corrected chi connectivity index (χ1v) is 10.2. The number of carbonyl (C=O) groups is 1. The molecule has 154 valence electrons. The van der Waals surface area contributed by atoms with Crippen LogP contribution in [0.4, 0.5) is 0 Å². The van der Waals surface area contributed by atoms with Gasteiger partial charge in [-0.15, -0.1) is 12.3 Å². The Kier molecular flexibility index (Phi) is 5.52. The molecule has 2 heterocycles. The molecule has 2 N–H and O–H groups in total. The van der Waals surface area contributed by atoms with Gasteiger partial charge in [-0.3, -0.25) is 4.90 Å². The molecule has 1 aliphatic rings. The highest BCUT2D eigenvalue weighted by Crippen LogP contribution is 2.38. The monoisotopic (exact) mass is 402 g/mol. The fraction of sp³-hybridized carbons (Fsp3) is 0.320. The Morgan fingerprint density at radius 3 is 2.77 bits per heavy atom. The highest BCUT2D eigenvalue weighted by molar-refractivity contribution is 5.88. The van der Waals surface area contributed by atoms with E-state index in [2.05, 4.69) is 34.9 Å². The van der Waals surface area contributed by atoms with Gasteiger partial charge in [0, 0.05) is 47.7 Å². The van der Waals surface area contributed by atoms with Crippen LogP contribution in [-0.4, -0.2) is 34.6 Å². The first-order valence-electron chi connectivity index (χ1n) is 10.2. The molecule has 0 unspecified atom stereocenters. The average molecular weight is 402 g/mol. The molecular weight excluding hydrogens is 376 g/mol. The summed E-state index contributed by atoms with van der Waals surface area (Å²) in [4.78, 5) is 17.0. The normalized spacial score (nSPS) is 19.5. The Morgan fingerprint density at radius 1 is 1.33 bits per heavy atom. The zero-order valence-corrected chi connectivity index (χ0v) is 17.3. The lowest BCUT2D eigenvalue weighted by Crippen LogP contribution is -2.36. The van der Waals surface area contributed by atoms with Crippen LogP contribution in [0.15, 0.2) is 42.6 Å². The van der Waals surface area contributed by atoms with Crippen LogP contribution < -0.4 is 4.74 Å². The maximum atomic E-state index is 11.2. The van der Waals surface area contributed by atoms with E-state index in [0.717, 1.165) is 53.9 Å².